The van der Waals surface area contributed by atoms with E-state index in [0.29, 0.717) is 10.0 Å². The molecule has 1 N–H and O–H groups in total. The van der Waals surface area contributed by atoms with E-state index in [1.807, 2.05) is 6.08 Å². The van der Waals surface area contributed by atoms with Crippen molar-refractivity contribution in [2.24, 2.45) is 0 Å². The SMILES string of the molecule is OC(C1=CCCC1)c1cc(F)cc(Br)c1. The molecule has 0 saturated carbocycles. The number of hydrogen-bond acceptors (Lipinski definition) is 1. The standard InChI is InChI=1S/C12H12BrFO/c13-10-5-9(6-11(14)7-10)12(15)8-3-1-2-4-8/h3,5-7,12,15H,1-2,4H2. The number of aliphatic hydroxyl groups excluding tert-OH is 1. The minimum Gasteiger partial charge on any atom is -0.384 e. The Hall–Kier alpha value is -0.670. The minimum absolute atomic E-state index is 0.322. The molecule has 15 heavy (non-hydrogen) atoms. The van der Waals surface area contributed by atoms with Gasteiger partial charge in [-0.25, -0.2) is 4.39 Å². The topological polar surface area (TPSA) is 20.2 Å². The van der Waals surface area contributed by atoms with Crippen molar-refractivity contribution in [2.45, 2.75) is 25.4 Å². The summed E-state index contributed by atoms with van der Waals surface area (Å²) in [5, 5.41) is 10.0. The van der Waals surface area contributed by atoms with Crippen LogP contribution in [0.3, 0.4) is 0 Å². The maximum atomic E-state index is 13.1. The molecule has 0 aliphatic heterocycles. The molecular weight excluding hydrogens is 259 g/mol. The summed E-state index contributed by atoms with van der Waals surface area (Å²) >= 11 is 3.22. The van der Waals surface area contributed by atoms with E-state index in [-0.39, 0.29) is 5.82 Å². The van der Waals surface area contributed by atoms with Gasteiger partial charge in [0.15, 0.2) is 0 Å². The Kier molecular flexibility index (Phi) is 3.22. The molecule has 2 rings (SSSR count). The molecule has 80 valence electrons. The summed E-state index contributed by atoms with van der Waals surface area (Å²) < 4.78 is 13.8. The van der Waals surface area contributed by atoms with Gasteiger partial charge in [-0.2, -0.15) is 0 Å². The molecule has 1 aliphatic rings. The summed E-state index contributed by atoms with van der Waals surface area (Å²) in [7, 11) is 0. The number of benzene rings is 1. The van der Waals surface area contributed by atoms with Crippen molar-refractivity contribution in [1.29, 1.82) is 0 Å². The highest BCUT2D eigenvalue weighted by Gasteiger charge is 2.17. The molecule has 1 aliphatic carbocycles. The highest BCUT2D eigenvalue weighted by molar-refractivity contribution is 9.10. The smallest absolute Gasteiger partial charge is 0.124 e. The first kappa shape index (κ1) is 10.8. The number of allylic oxidation sites excluding steroid dienone is 1. The minimum atomic E-state index is -0.653. The molecule has 0 spiro atoms. The van der Waals surface area contributed by atoms with Crippen LogP contribution in [0.15, 0.2) is 34.3 Å². The zero-order valence-electron chi connectivity index (χ0n) is 8.21. The van der Waals surface area contributed by atoms with E-state index in [1.165, 1.54) is 12.1 Å². The van der Waals surface area contributed by atoms with Gasteiger partial charge in [0.25, 0.3) is 0 Å². The van der Waals surface area contributed by atoms with Crippen molar-refractivity contribution in [2.75, 3.05) is 0 Å². The van der Waals surface area contributed by atoms with Gasteiger partial charge >= 0.3 is 0 Å². The Morgan fingerprint density at radius 3 is 2.73 bits per heavy atom. The van der Waals surface area contributed by atoms with Gasteiger partial charge in [-0.05, 0) is 48.6 Å². The maximum Gasteiger partial charge on any atom is 0.124 e. The molecule has 1 nitrogen and oxygen atoms in total. The van der Waals surface area contributed by atoms with Crippen LogP contribution in [0.25, 0.3) is 0 Å². The first-order valence-corrected chi connectivity index (χ1v) is 5.79. The Morgan fingerprint density at radius 2 is 2.13 bits per heavy atom. The largest absolute Gasteiger partial charge is 0.384 e. The molecular formula is C12H12BrFO. The Morgan fingerprint density at radius 1 is 1.33 bits per heavy atom. The van der Waals surface area contributed by atoms with Crippen LogP contribution in [0.1, 0.15) is 30.9 Å². The molecule has 1 atom stereocenters. The monoisotopic (exact) mass is 270 g/mol. The van der Waals surface area contributed by atoms with Gasteiger partial charge in [-0.1, -0.05) is 22.0 Å². The van der Waals surface area contributed by atoms with Gasteiger partial charge in [0, 0.05) is 4.47 Å². The van der Waals surface area contributed by atoms with Crippen LogP contribution in [-0.4, -0.2) is 5.11 Å². The van der Waals surface area contributed by atoms with Crippen molar-refractivity contribution in [3.8, 4) is 0 Å². The molecule has 0 aromatic heterocycles. The third kappa shape index (κ3) is 2.47. The Labute approximate surface area is 96.8 Å². The maximum absolute atomic E-state index is 13.1. The fraction of sp³-hybridized carbons (Fsp3) is 0.333. The molecule has 0 amide bonds. The molecule has 1 aromatic carbocycles. The highest BCUT2D eigenvalue weighted by atomic mass is 79.9. The van der Waals surface area contributed by atoms with Crippen molar-refractivity contribution < 1.29 is 9.50 Å². The first-order chi connectivity index (χ1) is 7.16. The molecule has 0 radical (unpaired) electrons. The van der Waals surface area contributed by atoms with Crippen molar-refractivity contribution in [1.82, 2.24) is 0 Å². The van der Waals surface area contributed by atoms with Crippen LogP contribution >= 0.6 is 15.9 Å². The van der Waals surface area contributed by atoms with E-state index in [0.717, 1.165) is 24.8 Å². The normalized spacial score (nSPS) is 17.7. The summed E-state index contributed by atoms with van der Waals surface area (Å²) in [5.74, 6) is -0.322. The second kappa shape index (κ2) is 4.45. The second-order valence-corrected chi connectivity index (χ2v) is 4.69. The lowest BCUT2D eigenvalue weighted by Gasteiger charge is -2.12. The van der Waals surface area contributed by atoms with Crippen molar-refractivity contribution in [3.05, 3.63) is 45.7 Å². The van der Waals surface area contributed by atoms with Gasteiger partial charge in [0.2, 0.25) is 0 Å². The van der Waals surface area contributed by atoms with E-state index >= 15 is 0 Å². The summed E-state index contributed by atoms with van der Waals surface area (Å²) in [6.07, 6.45) is 4.41. The van der Waals surface area contributed by atoms with Gasteiger partial charge in [0.1, 0.15) is 11.9 Å². The van der Waals surface area contributed by atoms with Crippen LogP contribution in [-0.2, 0) is 0 Å². The molecule has 1 unspecified atom stereocenters. The molecule has 0 saturated heterocycles. The third-order valence-electron chi connectivity index (χ3n) is 2.63. The summed E-state index contributed by atoms with van der Waals surface area (Å²) in [4.78, 5) is 0. The van der Waals surface area contributed by atoms with Crippen LogP contribution in [0.5, 0.6) is 0 Å². The lowest BCUT2D eigenvalue weighted by molar-refractivity contribution is 0.212. The summed E-state index contributed by atoms with van der Waals surface area (Å²) in [6.45, 7) is 0. The fourth-order valence-electron chi connectivity index (χ4n) is 1.89. The number of halogens is 2. The first-order valence-electron chi connectivity index (χ1n) is 5.00. The predicted molar refractivity (Wildman–Crippen MR) is 61.0 cm³/mol. The van der Waals surface area contributed by atoms with Gasteiger partial charge in [-0.3, -0.25) is 0 Å². The van der Waals surface area contributed by atoms with Gasteiger partial charge in [0.05, 0.1) is 0 Å². The van der Waals surface area contributed by atoms with E-state index in [4.69, 9.17) is 0 Å². The van der Waals surface area contributed by atoms with E-state index < -0.39 is 6.10 Å². The number of hydrogen-bond donors (Lipinski definition) is 1. The van der Waals surface area contributed by atoms with Crippen LogP contribution in [0, 0.1) is 5.82 Å². The van der Waals surface area contributed by atoms with E-state index in [9.17, 15) is 9.50 Å². The predicted octanol–water partition coefficient (Wildman–Crippen LogP) is 3.73. The average molecular weight is 271 g/mol. The quantitative estimate of drug-likeness (QED) is 0.812. The molecule has 0 heterocycles. The fourth-order valence-corrected chi connectivity index (χ4v) is 2.37. The number of rotatable bonds is 2. The van der Waals surface area contributed by atoms with Crippen LogP contribution in [0.4, 0.5) is 4.39 Å². The van der Waals surface area contributed by atoms with Gasteiger partial charge in [-0.15, -0.1) is 0 Å². The molecule has 3 heteroatoms. The van der Waals surface area contributed by atoms with Crippen molar-refractivity contribution >= 4 is 15.9 Å². The van der Waals surface area contributed by atoms with Crippen LogP contribution < -0.4 is 0 Å². The zero-order chi connectivity index (χ0) is 10.8. The van der Waals surface area contributed by atoms with Gasteiger partial charge < -0.3 is 5.11 Å². The molecule has 0 bridgehead atoms. The molecule has 1 aromatic rings. The molecule has 0 fully saturated rings. The van der Waals surface area contributed by atoms with Crippen molar-refractivity contribution in [3.63, 3.8) is 0 Å². The zero-order valence-corrected chi connectivity index (χ0v) is 9.80. The Balaban J connectivity index is 2.28. The average Bonchev–Trinajstić information content (AvgIpc) is 2.67. The lowest BCUT2D eigenvalue weighted by Crippen LogP contribution is -2.00. The highest BCUT2D eigenvalue weighted by Crippen LogP contribution is 2.31. The summed E-state index contributed by atoms with van der Waals surface area (Å²) in [5.41, 5.74) is 1.63. The van der Waals surface area contributed by atoms with E-state index in [2.05, 4.69) is 15.9 Å². The summed E-state index contributed by atoms with van der Waals surface area (Å²) in [6, 6.07) is 4.53. The number of aliphatic hydroxyl groups is 1. The third-order valence-corrected chi connectivity index (χ3v) is 3.09. The second-order valence-electron chi connectivity index (χ2n) is 3.78. The Bertz CT molecular complexity index is 380. The van der Waals surface area contributed by atoms with E-state index in [1.54, 1.807) is 6.07 Å². The lowest BCUT2D eigenvalue weighted by atomic mass is 10.0. The van der Waals surface area contributed by atoms with Crippen LogP contribution in [0.2, 0.25) is 0 Å².